The van der Waals surface area contributed by atoms with Crippen LogP contribution in [0.3, 0.4) is 0 Å². The average Bonchev–Trinajstić information content (AvgIpc) is 2.87. The van der Waals surface area contributed by atoms with Crippen LogP contribution in [0.5, 0.6) is 5.75 Å². The SMILES string of the molecule is CO[C@H](CC/C=C/C(=O)Nc1ccccc1N)[C@H](OC(=O)Nc1ccc(Br)cc1)c1cc(Br)ccc1O. The van der Waals surface area contributed by atoms with Gasteiger partial charge in [0, 0.05) is 27.3 Å². The minimum atomic E-state index is -0.927. The molecule has 10 heteroatoms. The molecule has 5 N–H and O–H groups in total. The summed E-state index contributed by atoms with van der Waals surface area (Å²) in [6.07, 6.45) is 1.70. The van der Waals surface area contributed by atoms with Crippen LogP contribution in [0.25, 0.3) is 0 Å². The molecule has 0 spiro atoms. The number of aromatic hydroxyl groups is 1. The molecule has 2 atom stereocenters. The molecule has 3 aromatic rings. The molecule has 0 radical (unpaired) electrons. The van der Waals surface area contributed by atoms with Crippen molar-refractivity contribution in [3.8, 4) is 5.75 Å². The van der Waals surface area contributed by atoms with E-state index < -0.39 is 18.3 Å². The third kappa shape index (κ3) is 8.63. The number of hydrogen-bond donors (Lipinski definition) is 4. The number of hydrogen-bond acceptors (Lipinski definition) is 6. The Labute approximate surface area is 232 Å². The van der Waals surface area contributed by atoms with Gasteiger partial charge in [0.1, 0.15) is 5.75 Å². The summed E-state index contributed by atoms with van der Waals surface area (Å²) in [5.41, 5.74) is 7.79. The second-order valence-corrected chi connectivity index (χ2v) is 9.82. The summed E-state index contributed by atoms with van der Waals surface area (Å²) >= 11 is 6.75. The Morgan fingerprint density at radius 3 is 2.43 bits per heavy atom. The number of halogens is 2. The minimum absolute atomic E-state index is 0.0398. The Balaban J connectivity index is 1.69. The van der Waals surface area contributed by atoms with Crippen LogP contribution in [0.1, 0.15) is 24.5 Å². The molecule has 0 aliphatic heterocycles. The van der Waals surface area contributed by atoms with Crippen LogP contribution in [-0.4, -0.2) is 30.3 Å². The number of allylic oxidation sites excluding steroid dienone is 1. The number of amides is 2. The number of ether oxygens (including phenoxy) is 2. The van der Waals surface area contributed by atoms with E-state index in [2.05, 4.69) is 42.5 Å². The molecule has 0 aliphatic carbocycles. The lowest BCUT2D eigenvalue weighted by Crippen LogP contribution is -2.28. The zero-order valence-electron chi connectivity index (χ0n) is 20.0. The summed E-state index contributed by atoms with van der Waals surface area (Å²) in [4.78, 5) is 25.0. The van der Waals surface area contributed by atoms with Crippen molar-refractivity contribution < 1.29 is 24.2 Å². The van der Waals surface area contributed by atoms with Crippen LogP contribution in [0.4, 0.5) is 21.9 Å². The summed E-state index contributed by atoms with van der Waals surface area (Å²) in [5.74, 6) is -0.361. The van der Waals surface area contributed by atoms with Crippen molar-refractivity contribution in [3.63, 3.8) is 0 Å². The van der Waals surface area contributed by atoms with Gasteiger partial charge in [-0.1, -0.05) is 50.1 Å². The molecule has 0 saturated heterocycles. The number of nitrogens with two attached hydrogens (primary N) is 1. The maximum Gasteiger partial charge on any atom is 0.412 e. The Morgan fingerprint density at radius 1 is 1.03 bits per heavy atom. The Morgan fingerprint density at radius 2 is 1.73 bits per heavy atom. The minimum Gasteiger partial charge on any atom is -0.508 e. The molecule has 0 heterocycles. The van der Waals surface area contributed by atoms with E-state index in [1.165, 1.54) is 19.3 Å². The van der Waals surface area contributed by atoms with Crippen molar-refractivity contribution in [2.45, 2.75) is 25.0 Å². The number of rotatable bonds is 10. The van der Waals surface area contributed by atoms with E-state index in [4.69, 9.17) is 15.2 Å². The van der Waals surface area contributed by atoms with Crippen molar-refractivity contribution in [1.29, 1.82) is 0 Å². The van der Waals surface area contributed by atoms with Crippen LogP contribution in [0, 0.1) is 0 Å². The van der Waals surface area contributed by atoms with Crippen molar-refractivity contribution in [2.75, 3.05) is 23.5 Å². The van der Waals surface area contributed by atoms with E-state index in [1.54, 1.807) is 66.7 Å². The highest BCUT2D eigenvalue weighted by atomic mass is 79.9. The quantitative estimate of drug-likeness (QED) is 0.144. The monoisotopic (exact) mass is 631 g/mol. The van der Waals surface area contributed by atoms with Gasteiger partial charge >= 0.3 is 6.09 Å². The third-order valence-electron chi connectivity index (χ3n) is 5.37. The number of methoxy groups -OCH3 is 1. The summed E-state index contributed by atoms with van der Waals surface area (Å²) < 4.78 is 13.0. The molecule has 37 heavy (non-hydrogen) atoms. The summed E-state index contributed by atoms with van der Waals surface area (Å²) in [7, 11) is 1.50. The molecule has 0 fully saturated rings. The van der Waals surface area contributed by atoms with Gasteiger partial charge in [0.2, 0.25) is 5.91 Å². The fraction of sp³-hybridized carbons (Fsp3) is 0.185. The van der Waals surface area contributed by atoms with Gasteiger partial charge in [-0.2, -0.15) is 0 Å². The number of para-hydroxylation sites is 2. The van der Waals surface area contributed by atoms with Gasteiger partial charge in [-0.3, -0.25) is 10.1 Å². The van der Waals surface area contributed by atoms with Gasteiger partial charge in [-0.25, -0.2) is 4.79 Å². The Hall–Kier alpha value is -3.34. The van der Waals surface area contributed by atoms with Crippen molar-refractivity contribution in [2.24, 2.45) is 0 Å². The van der Waals surface area contributed by atoms with Crippen molar-refractivity contribution in [3.05, 3.63) is 93.4 Å². The fourth-order valence-electron chi connectivity index (χ4n) is 3.52. The van der Waals surface area contributed by atoms with Gasteiger partial charge in [0.05, 0.1) is 17.5 Å². The highest BCUT2D eigenvalue weighted by Crippen LogP contribution is 2.35. The van der Waals surface area contributed by atoms with Crippen molar-refractivity contribution in [1.82, 2.24) is 0 Å². The lowest BCUT2D eigenvalue weighted by Gasteiger charge is -2.27. The normalized spacial score (nSPS) is 12.6. The molecule has 8 nitrogen and oxygen atoms in total. The molecule has 194 valence electrons. The number of anilines is 3. The molecule has 2 amide bonds. The standard InChI is InChI=1S/C27H27Br2N3O5/c1-36-24(8-4-5-9-25(34)32-22-7-3-2-6-21(22)30)26(20-16-18(29)12-15-23(20)33)37-27(35)31-19-13-10-17(28)11-14-19/h2-3,5-7,9-16,24,26,33H,4,8,30H2,1H3,(H,31,35)(H,32,34)/b9-5+/t24-,26-/m1/s1. The van der Waals surface area contributed by atoms with Gasteiger partial charge in [0.15, 0.2) is 6.10 Å². The number of phenols is 1. The first kappa shape index (κ1) is 28.2. The summed E-state index contributed by atoms with van der Waals surface area (Å²) in [6.45, 7) is 0. The van der Waals surface area contributed by atoms with E-state index >= 15 is 0 Å². The molecular weight excluding hydrogens is 606 g/mol. The number of carbonyl (C=O) groups is 2. The lowest BCUT2D eigenvalue weighted by molar-refractivity contribution is -0.111. The van der Waals surface area contributed by atoms with Crippen molar-refractivity contribution >= 4 is 60.9 Å². The zero-order valence-corrected chi connectivity index (χ0v) is 23.2. The summed E-state index contributed by atoms with van der Waals surface area (Å²) in [5, 5.41) is 15.9. The van der Waals surface area contributed by atoms with E-state index in [0.717, 1.165) is 4.47 Å². The van der Waals surface area contributed by atoms with Gasteiger partial charge < -0.3 is 25.6 Å². The predicted octanol–water partition coefficient (Wildman–Crippen LogP) is 6.78. The number of phenolic OH excluding ortho intramolecular Hbond substituents is 1. The number of carbonyl (C=O) groups excluding carboxylic acids is 2. The highest BCUT2D eigenvalue weighted by molar-refractivity contribution is 9.10. The number of nitrogens with one attached hydrogen (secondary N) is 2. The Bertz CT molecular complexity index is 1250. The topological polar surface area (TPSA) is 123 Å². The highest BCUT2D eigenvalue weighted by Gasteiger charge is 2.29. The molecule has 3 rings (SSSR count). The number of nitrogen functional groups attached to an aromatic ring is 1. The molecular formula is C27H27Br2N3O5. The Kier molecular flexibility index (Phi) is 10.6. The first-order valence-electron chi connectivity index (χ1n) is 11.3. The van der Waals surface area contributed by atoms with Crippen LogP contribution >= 0.6 is 31.9 Å². The first-order valence-corrected chi connectivity index (χ1v) is 12.9. The zero-order chi connectivity index (χ0) is 26.8. The second kappa shape index (κ2) is 13.8. The van der Waals surface area contributed by atoms with Crippen LogP contribution < -0.4 is 16.4 Å². The molecule has 3 aromatic carbocycles. The van der Waals surface area contributed by atoms with E-state index in [1.807, 2.05) is 0 Å². The largest absolute Gasteiger partial charge is 0.508 e. The maximum atomic E-state index is 12.7. The average molecular weight is 633 g/mol. The van der Waals surface area contributed by atoms with E-state index in [0.29, 0.717) is 39.9 Å². The molecule has 0 unspecified atom stereocenters. The molecule has 0 bridgehead atoms. The van der Waals surface area contributed by atoms with Crippen LogP contribution in [0.2, 0.25) is 0 Å². The molecule has 0 aromatic heterocycles. The van der Waals surface area contributed by atoms with Crippen LogP contribution in [-0.2, 0) is 14.3 Å². The second-order valence-electron chi connectivity index (χ2n) is 7.99. The van der Waals surface area contributed by atoms with Gasteiger partial charge in [-0.15, -0.1) is 0 Å². The lowest BCUT2D eigenvalue weighted by atomic mass is 9.99. The molecule has 0 saturated carbocycles. The third-order valence-corrected chi connectivity index (χ3v) is 6.39. The first-order chi connectivity index (χ1) is 17.8. The molecule has 0 aliphatic rings. The summed E-state index contributed by atoms with van der Waals surface area (Å²) in [6, 6.07) is 18.9. The smallest absolute Gasteiger partial charge is 0.412 e. The van der Waals surface area contributed by atoms with Crippen LogP contribution in [0.15, 0.2) is 87.8 Å². The van der Waals surface area contributed by atoms with E-state index in [9.17, 15) is 14.7 Å². The fourth-order valence-corrected chi connectivity index (χ4v) is 4.16. The van der Waals surface area contributed by atoms with Gasteiger partial charge in [-0.05, 0) is 73.5 Å². The number of benzene rings is 3. The predicted molar refractivity (Wildman–Crippen MR) is 151 cm³/mol. The van der Waals surface area contributed by atoms with E-state index in [-0.39, 0.29) is 11.7 Å². The maximum absolute atomic E-state index is 12.7. The van der Waals surface area contributed by atoms with Gasteiger partial charge in [0.25, 0.3) is 0 Å².